The fourth-order valence-electron chi connectivity index (χ4n) is 4.25. The van der Waals surface area contributed by atoms with E-state index in [1.165, 1.54) is 13.3 Å². The molecule has 1 aromatic rings. The third-order valence-electron chi connectivity index (χ3n) is 6.37. The highest BCUT2D eigenvalue weighted by molar-refractivity contribution is 6.41. The monoisotopic (exact) mass is 486 g/mol. The summed E-state index contributed by atoms with van der Waals surface area (Å²) in [5.74, 6) is -0.0955. The summed E-state index contributed by atoms with van der Waals surface area (Å²) in [4.78, 5) is 40.8. The fourth-order valence-corrected chi connectivity index (χ4v) is 4.25. The number of carbonyl (C=O) groups is 3. The molecule has 0 radical (unpaired) electrons. The Morgan fingerprint density at radius 1 is 1.11 bits per heavy atom. The molecule has 8 nitrogen and oxygen atoms in total. The number of nitrogens with one attached hydrogen (secondary N) is 2. The van der Waals surface area contributed by atoms with Crippen molar-refractivity contribution in [2.24, 2.45) is 15.9 Å². The molecule has 0 spiro atoms. The summed E-state index contributed by atoms with van der Waals surface area (Å²) < 4.78 is 0. The fraction of sp³-hybridized carbons (Fsp3) is 0.593. The van der Waals surface area contributed by atoms with E-state index in [1.54, 1.807) is 0 Å². The molecule has 0 saturated heterocycles. The van der Waals surface area contributed by atoms with Crippen molar-refractivity contribution in [2.75, 3.05) is 12.4 Å². The molecule has 3 N–H and O–H groups in total. The summed E-state index contributed by atoms with van der Waals surface area (Å²) >= 11 is 0. The van der Waals surface area contributed by atoms with Crippen molar-refractivity contribution in [3.8, 4) is 0 Å². The van der Waals surface area contributed by atoms with Gasteiger partial charge in [0.05, 0.1) is 17.5 Å². The normalized spacial score (nSPS) is 17.6. The zero-order chi connectivity index (χ0) is 26.2. The Kier molecular flexibility index (Phi) is 14.4. The van der Waals surface area contributed by atoms with Gasteiger partial charge >= 0.3 is 6.03 Å². The number of imide groups is 1. The van der Waals surface area contributed by atoms with Crippen LogP contribution in [0.15, 0.2) is 22.1 Å². The second kappa shape index (κ2) is 16.7. The molecule has 2 rings (SSSR count). The summed E-state index contributed by atoms with van der Waals surface area (Å²) in [5, 5.41) is 15.5. The van der Waals surface area contributed by atoms with Crippen LogP contribution in [-0.2, 0) is 9.59 Å². The molecule has 0 heterocycles. The summed E-state index contributed by atoms with van der Waals surface area (Å²) in [6.07, 6.45) is 10.5. The molecule has 1 aliphatic rings. The number of aliphatic imine (C=N–C) groups is 2. The van der Waals surface area contributed by atoms with Gasteiger partial charge in [0.25, 0.3) is 5.91 Å². The number of nitrogens with zero attached hydrogens (tertiary/aromatic N) is 2. The van der Waals surface area contributed by atoms with Crippen LogP contribution in [-0.4, -0.2) is 48.9 Å². The number of hydrogen-bond acceptors (Lipinski definition) is 6. The lowest BCUT2D eigenvalue weighted by atomic mass is 9.83. The predicted molar refractivity (Wildman–Crippen MR) is 143 cm³/mol. The van der Waals surface area contributed by atoms with Gasteiger partial charge in [-0.25, -0.2) is 14.8 Å². The van der Waals surface area contributed by atoms with E-state index in [1.807, 2.05) is 33.0 Å². The zero-order valence-electron chi connectivity index (χ0n) is 21.7. The van der Waals surface area contributed by atoms with Gasteiger partial charge in [-0.1, -0.05) is 32.1 Å². The number of rotatable bonds is 10. The highest BCUT2D eigenvalue weighted by Crippen LogP contribution is 2.30. The highest BCUT2D eigenvalue weighted by Gasteiger charge is 2.22. The van der Waals surface area contributed by atoms with Crippen molar-refractivity contribution in [1.82, 2.24) is 5.32 Å². The van der Waals surface area contributed by atoms with Crippen LogP contribution in [0.4, 0.5) is 16.2 Å². The second-order valence-electron chi connectivity index (χ2n) is 8.98. The van der Waals surface area contributed by atoms with E-state index in [0.717, 1.165) is 74.5 Å². The molecule has 1 fully saturated rings. The van der Waals surface area contributed by atoms with Crippen molar-refractivity contribution >= 4 is 42.0 Å². The summed E-state index contributed by atoms with van der Waals surface area (Å²) in [6, 6.07) is 3.17. The standard InChI is InChI=1S/C25H38N4O3.C2H4O/c1-17-15-21(26-3)22(16-18(17)2)28-20(24(31)29-25(32)27-4)13-8-6-5-7-11-19-12-9-10-14-23(19)30;1-2-3/h15-16,19,23,26,30H,4-14H2,1-3H3,(H,29,31,32);2H,1H3. The quantitative estimate of drug-likeness (QED) is 0.231. The first-order valence-corrected chi connectivity index (χ1v) is 12.5. The number of unbranched alkanes of at least 4 members (excludes halogenated alkanes) is 3. The maximum absolute atomic E-state index is 12.6. The van der Waals surface area contributed by atoms with Crippen molar-refractivity contribution in [1.29, 1.82) is 0 Å². The molecule has 0 bridgehead atoms. The van der Waals surface area contributed by atoms with Gasteiger partial charge in [-0.3, -0.25) is 10.1 Å². The average Bonchev–Trinajstić information content (AvgIpc) is 2.83. The molecule has 1 aromatic carbocycles. The number of amides is 3. The highest BCUT2D eigenvalue weighted by atomic mass is 16.3. The number of aryl methyl sites for hydroxylation is 2. The van der Waals surface area contributed by atoms with Crippen LogP contribution in [0.3, 0.4) is 0 Å². The minimum atomic E-state index is -0.775. The Hall–Kier alpha value is -2.87. The van der Waals surface area contributed by atoms with Gasteiger partial charge in [-0.2, -0.15) is 0 Å². The predicted octanol–water partition coefficient (Wildman–Crippen LogP) is 5.45. The van der Waals surface area contributed by atoms with E-state index in [0.29, 0.717) is 23.7 Å². The van der Waals surface area contributed by atoms with E-state index in [4.69, 9.17) is 4.79 Å². The minimum absolute atomic E-state index is 0.137. The number of aliphatic hydroxyl groups excluding tert-OH is 1. The van der Waals surface area contributed by atoms with Gasteiger partial charge in [0, 0.05) is 7.05 Å². The summed E-state index contributed by atoms with van der Waals surface area (Å²) in [7, 11) is 1.82. The maximum Gasteiger partial charge on any atom is 0.347 e. The first-order chi connectivity index (χ1) is 16.8. The molecular formula is C27H42N4O4. The third kappa shape index (κ3) is 10.9. The lowest BCUT2D eigenvalue weighted by Gasteiger charge is -2.27. The van der Waals surface area contributed by atoms with E-state index in [9.17, 15) is 14.7 Å². The molecule has 8 heteroatoms. The molecule has 194 valence electrons. The van der Waals surface area contributed by atoms with Gasteiger partial charge < -0.3 is 15.2 Å². The average molecular weight is 487 g/mol. The van der Waals surface area contributed by atoms with Gasteiger partial charge in [-0.15, -0.1) is 0 Å². The van der Waals surface area contributed by atoms with Crippen LogP contribution in [0.1, 0.15) is 82.3 Å². The first kappa shape index (κ1) is 30.2. The maximum atomic E-state index is 12.6. The van der Waals surface area contributed by atoms with Crippen LogP contribution in [0.25, 0.3) is 0 Å². The first-order valence-electron chi connectivity index (χ1n) is 12.5. The lowest BCUT2D eigenvalue weighted by molar-refractivity contribution is -0.114. The Balaban J connectivity index is 0.00000194. The molecule has 3 amide bonds. The lowest BCUT2D eigenvalue weighted by Crippen LogP contribution is -2.34. The van der Waals surface area contributed by atoms with Crippen LogP contribution in [0.2, 0.25) is 0 Å². The summed E-state index contributed by atoms with van der Waals surface area (Å²) in [5.41, 5.74) is 4.03. The van der Waals surface area contributed by atoms with E-state index in [2.05, 4.69) is 27.3 Å². The van der Waals surface area contributed by atoms with Gasteiger partial charge in [0.15, 0.2) is 0 Å². The Morgan fingerprint density at radius 2 is 1.74 bits per heavy atom. The van der Waals surface area contributed by atoms with Gasteiger partial charge in [0.2, 0.25) is 0 Å². The molecule has 0 aliphatic heterocycles. The van der Waals surface area contributed by atoms with E-state index >= 15 is 0 Å². The number of urea groups is 1. The molecule has 2 unspecified atom stereocenters. The second-order valence-corrected chi connectivity index (χ2v) is 8.98. The molecule has 35 heavy (non-hydrogen) atoms. The van der Waals surface area contributed by atoms with Gasteiger partial charge in [-0.05, 0) is 88.8 Å². The van der Waals surface area contributed by atoms with Crippen LogP contribution in [0, 0.1) is 19.8 Å². The molecule has 1 aliphatic carbocycles. The van der Waals surface area contributed by atoms with Crippen LogP contribution >= 0.6 is 0 Å². The van der Waals surface area contributed by atoms with Gasteiger partial charge in [0.1, 0.15) is 12.0 Å². The van der Waals surface area contributed by atoms with Crippen molar-refractivity contribution < 1.29 is 19.5 Å². The molecule has 1 saturated carbocycles. The topological polar surface area (TPSA) is 120 Å². The SMILES string of the molecule is C=NC(=O)NC(=O)C(CCCCCCC1CCCCC1O)=Nc1cc(C)c(C)cc1NC.CC=O. The van der Waals surface area contributed by atoms with Crippen molar-refractivity contribution in [3.63, 3.8) is 0 Å². The largest absolute Gasteiger partial charge is 0.393 e. The number of aldehydes is 1. The smallest absolute Gasteiger partial charge is 0.347 e. The third-order valence-corrected chi connectivity index (χ3v) is 6.37. The Morgan fingerprint density at radius 3 is 2.37 bits per heavy atom. The Labute approximate surface area is 209 Å². The molecular weight excluding hydrogens is 444 g/mol. The number of hydrogen-bond donors (Lipinski definition) is 3. The van der Waals surface area contributed by atoms with Crippen LogP contribution < -0.4 is 10.6 Å². The number of anilines is 1. The molecule has 0 aromatic heterocycles. The minimum Gasteiger partial charge on any atom is -0.393 e. The molecule has 2 atom stereocenters. The number of aliphatic hydroxyl groups is 1. The summed E-state index contributed by atoms with van der Waals surface area (Å²) in [6.45, 7) is 8.64. The van der Waals surface area contributed by atoms with Crippen molar-refractivity contribution in [2.45, 2.75) is 91.1 Å². The van der Waals surface area contributed by atoms with Crippen LogP contribution in [0.5, 0.6) is 0 Å². The van der Waals surface area contributed by atoms with E-state index < -0.39 is 11.9 Å². The Bertz CT molecular complexity index is 882. The number of carbonyl (C=O) groups excluding carboxylic acids is 3. The van der Waals surface area contributed by atoms with Crippen molar-refractivity contribution in [3.05, 3.63) is 23.3 Å². The zero-order valence-corrected chi connectivity index (χ0v) is 21.7. The number of benzene rings is 1. The van der Waals surface area contributed by atoms with E-state index in [-0.39, 0.29) is 6.10 Å².